The first-order valence-electron chi connectivity index (χ1n) is 7.33. The first kappa shape index (κ1) is 18.7. The average molecular weight is 330 g/mol. The maximum atomic E-state index is 12.3. The molecule has 1 atom stereocenters. The van der Waals surface area contributed by atoms with Crippen molar-refractivity contribution in [3.63, 3.8) is 0 Å². The van der Waals surface area contributed by atoms with Crippen molar-refractivity contribution in [2.24, 2.45) is 0 Å². The van der Waals surface area contributed by atoms with Crippen molar-refractivity contribution in [1.29, 1.82) is 0 Å². The molecule has 1 aromatic rings. The quantitative estimate of drug-likeness (QED) is 0.704. The fourth-order valence-electron chi connectivity index (χ4n) is 1.84. The van der Waals surface area contributed by atoms with E-state index in [1.807, 2.05) is 13.8 Å². The third-order valence-corrected chi connectivity index (χ3v) is 3.65. The summed E-state index contributed by atoms with van der Waals surface area (Å²) in [5.74, 6) is 0.362. The van der Waals surface area contributed by atoms with Crippen LogP contribution in [0.2, 0.25) is 5.02 Å². The molecule has 0 radical (unpaired) electrons. The molecule has 1 rings (SSSR count). The molecule has 0 saturated carbocycles. The van der Waals surface area contributed by atoms with Gasteiger partial charge in [0.1, 0.15) is 18.0 Å². The topological polar surface area (TPSA) is 56.8 Å². The zero-order valence-corrected chi connectivity index (χ0v) is 14.3. The van der Waals surface area contributed by atoms with E-state index in [2.05, 4.69) is 5.32 Å². The molecule has 1 amide bonds. The number of benzene rings is 1. The van der Waals surface area contributed by atoms with E-state index in [1.165, 1.54) is 0 Å². The predicted octanol–water partition coefficient (Wildman–Crippen LogP) is 3.51. The minimum absolute atomic E-state index is 0.194. The molecular weight excluding hydrogens is 306 g/mol. The van der Waals surface area contributed by atoms with Crippen LogP contribution in [-0.4, -0.2) is 38.4 Å². The number of carbonyl (C=O) groups is 1. The van der Waals surface area contributed by atoms with Gasteiger partial charge in [0.05, 0.1) is 11.6 Å². The molecule has 5 nitrogen and oxygen atoms in total. The van der Waals surface area contributed by atoms with E-state index in [9.17, 15) is 4.79 Å². The Hall–Kier alpha value is -1.30. The molecule has 0 heterocycles. The minimum Gasteiger partial charge on any atom is -0.490 e. The number of halogens is 1. The van der Waals surface area contributed by atoms with E-state index in [1.54, 1.807) is 32.2 Å². The molecule has 1 N–H and O–H groups in total. The maximum Gasteiger partial charge on any atom is 0.256 e. The van der Waals surface area contributed by atoms with E-state index in [-0.39, 0.29) is 5.91 Å². The van der Waals surface area contributed by atoms with Crippen molar-refractivity contribution in [3.8, 4) is 5.75 Å². The van der Waals surface area contributed by atoms with Gasteiger partial charge in [0, 0.05) is 19.4 Å². The van der Waals surface area contributed by atoms with Crippen molar-refractivity contribution < 1.29 is 19.0 Å². The largest absolute Gasteiger partial charge is 0.490 e. The molecule has 0 aromatic heterocycles. The molecule has 0 aliphatic rings. The van der Waals surface area contributed by atoms with Crippen molar-refractivity contribution in [1.82, 2.24) is 0 Å². The predicted molar refractivity (Wildman–Crippen MR) is 87.8 cm³/mol. The van der Waals surface area contributed by atoms with Gasteiger partial charge in [0.15, 0.2) is 0 Å². The molecule has 0 saturated heterocycles. The molecule has 124 valence electrons. The van der Waals surface area contributed by atoms with E-state index in [4.69, 9.17) is 25.8 Å². The van der Waals surface area contributed by atoms with Gasteiger partial charge in [0.2, 0.25) is 0 Å². The third kappa shape index (κ3) is 5.16. The van der Waals surface area contributed by atoms with Gasteiger partial charge >= 0.3 is 0 Å². The molecule has 0 aliphatic heterocycles. The molecule has 0 spiro atoms. The molecule has 6 heteroatoms. The standard InChI is InChI=1S/C16H24ClNO4/c1-5-16(3,22-6-2)15(19)18-12-7-8-14(13(17)11-12)21-10-9-20-4/h7-8,11H,5-6,9-10H2,1-4H3,(H,18,19). The van der Waals surface area contributed by atoms with Crippen LogP contribution in [0.1, 0.15) is 27.2 Å². The number of amides is 1. The highest BCUT2D eigenvalue weighted by atomic mass is 35.5. The number of nitrogens with one attached hydrogen (secondary N) is 1. The number of ether oxygens (including phenoxy) is 3. The lowest BCUT2D eigenvalue weighted by Gasteiger charge is -2.26. The van der Waals surface area contributed by atoms with E-state index in [0.717, 1.165) is 0 Å². The number of hydrogen-bond acceptors (Lipinski definition) is 4. The molecule has 0 bridgehead atoms. The summed E-state index contributed by atoms with van der Waals surface area (Å²) in [6, 6.07) is 5.12. The van der Waals surface area contributed by atoms with Gasteiger partial charge in [-0.05, 0) is 38.5 Å². The van der Waals surface area contributed by atoms with Gasteiger partial charge in [0.25, 0.3) is 5.91 Å². The molecule has 1 unspecified atom stereocenters. The highest BCUT2D eigenvalue weighted by Crippen LogP contribution is 2.28. The summed E-state index contributed by atoms with van der Waals surface area (Å²) in [6.45, 7) is 6.93. The maximum absolute atomic E-state index is 12.3. The Morgan fingerprint density at radius 3 is 2.59 bits per heavy atom. The number of hydrogen-bond donors (Lipinski definition) is 1. The zero-order valence-electron chi connectivity index (χ0n) is 13.6. The molecule has 0 fully saturated rings. The number of carbonyl (C=O) groups excluding carboxylic acids is 1. The Kier molecular flexibility index (Phi) is 7.65. The van der Waals surface area contributed by atoms with E-state index in [0.29, 0.717) is 42.7 Å². The number of anilines is 1. The average Bonchev–Trinajstić information content (AvgIpc) is 2.49. The van der Waals surface area contributed by atoms with Crippen molar-refractivity contribution in [3.05, 3.63) is 23.2 Å². The van der Waals surface area contributed by atoms with Crippen LogP contribution in [0, 0.1) is 0 Å². The van der Waals surface area contributed by atoms with Crippen molar-refractivity contribution in [2.75, 3.05) is 32.2 Å². The normalized spacial score (nSPS) is 13.5. The van der Waals surface area contributed by atoms with Crippen LogP contribution < -0.4 is 10.1 Å². The summed E-state index contributed by atoms with van der Waals surface area (Å²) in [5, 5.41) is 3.26. The van der Waals surface area contributed by atoms with Crippen LogP contribution in [0.5, 0.6) is 5.75 Å². The Morgan fingerprint density at radius 1 is 1.32 bits per heavy atom. The van der Waals surface area contributed by atoms with Crippen LogP contribution in [-0.2, 0) is 14.3 Å². The van der Waals surface area contributed by atoms with Crippen molar-refractivity contribution in [2.45, 2.75) is 32.8 Å². The Bertz CT molecular complexity index is 495. The zero-order chi connectivity index (χ0) is 16.6. The number of methoxy groups -OCH3 is 1. The molecular formula is C16H24ClNO4. The SMILES string of the molecule is CCOC(C)(CC)C(=O)Nc1ccc(OCCOC)c(Cl)c1. The second-order valence-corrected chi connectivity index (χ2v) is 5.37. The van der Waals surface area contributed by atoms with Crippen LogP contribution in [0.3, 0.4) is 0 Å². The summed E-state index contributed by atoms with van der Waals surface area (Å²) in [4.78, 5) is 12.3. The molecule has 1 aromatic carbocycles. The van der Waals surface area contributed by atoms with Crippen LogP contribution >= 0.6 is 11.6 Å². The van der Waals surface area contributed by atoms with Gasteiger partial charge in [-0.15, -0.1) is 0 Å². The first-order valence-corrected chi connectivity index (χ1v) is 7.71. The van der Waals surface area contributed by atoms with Crippen LogP contribution in [0.15, 0.2) is 18.2 Å². The Balaban J connectivity index is 2.74. The molecule has 0 aliphatic carbocycles. The van der Waals surface area contributed by atoms with E-state index >= 15 is 0 Å². The van der Waals surface area contributed by atoms with Gasteiger partial charge in [-0.25, -0.2) is 0 Å². The Morgan fingerprint density at radius 2 is 2.05 bits per heavy atom. The molecule has 22 heavy (non-hydrogen) atoms. The summed E-state index contributed by atoms with van der Waals surface area (Å²) >= 11 is 6.15. The smallest absolute Gasteiger partial charge is 0.256 e. The highest BCUT2D eigenvalue weighted by molar-refractivity contribution is 6.32. The third-order valence-electron chi connectivity index (χ3n) is 3.35. The second kappa shape index (κ2) is 8.98. The van der Waals surface area contributed by atoms with E-state index < -0.39 is 5.60 Å². The summed E-state index contributed by atoms with van der Waals surface area (Å²) in [7, 11) is 1.60. The summed E-state index contributed by atoms with van der Waals surface area (Å²) in [6.07, 6.45) is 0.582. The summed E-state index contributed by atoms with van der Waals surface area (Å²) in [5.41, 5.74) is -0.247. The lowest BCUT2D eigenvalue weighted by atomic mass is 10.0. The van der Waals surface area contributed by atoms with Crippen LogP contribution in [0.4, 0.5) is 5.69 Å². The van der Waals surface area contributed by atoms with Crippen LogP contribution in [0.25, 0.3) is 0 Å². The Labute approximate surface area is 136 Å². The minimum atomic E-state index is -0.852. The fraction of sp³-hybridized carbons (Fsp3) is 0.562. The first-order chi connectivity index (χ1) is 10.5. The van der Waals surface area contributed by atoms with Crippen molar-refractivity contribution >= 4 is 23.2 Å². The monoisotopic (exact) mass is 329 g/mol. The lowest BCUT2D eigenvalue weighted by molar-refractivity contribution is -0.139. The second-order valence-electron chi connectivity index (χ2n) is 4.96. The van der Waals surface area contributed by atoms with Gasteiger partial charge in [-0.2, -0.15) is 0 Å². The lowest BCUT2D eigenvalue weighted by Crippen LogP contribution is -2.42. The fourth-order valence-corrected chi connectivity index (χ4v) is 2.08. The van der Waals surface area contributed by atoms with Gasteiger partial charge in [-0.1, -0.05) is 18.5 Å². The highest BCUT2D eigenvalue weighted by Gasteiger charge is 2.31. The van der Waals surface area contributed by atoms with Gasteiger partial charge in [-0.3, -0.25) is 4.79 Å². The summed E-state index contributed by atoms with van der Waals surface area (Å²) < 4.78 is 15.9. The van der Waals surface area contributed by atoms with Gasteiger partial charge < -0.3 is 19.5 Å². The number of rotatable bonds is 9.